The zero-order chi connectivity index (χ0) is 20.8. The average molecular weight is 423 g/mol. The van der Waals surface area contributed by atoms with E-state index in [1.165, 1.54) is 0 Å². The number of benzene rings is 1. The summed E-state index contributed by atoms with van der Waals surface area (Å²) < 4.78 is 5.27. The first kappa shape index (κ1) is 20.3. The van der Waals surface area contributed by atoms with Crippen molar-refractivity contribution in [1.82, 2.24) is 20.5 Å². The molecule has 0 aliphatic carbocycles. The molecule has 3 heterocycles. The summed E-state index contributed by atoms with van der Waals surface area (Å²) in [6.45, 7) is 5.91. The molecule has 1 aromatic carbocycles. The van der Waals surface area contributed by atoms with Gasteiger partial charge in [-0.15, -0.1) is 0 Å². The zero-order valence-corrected chi connectivity index (χ0v) is 18.1. The lowest BCUT2D eigenvalue weighted by Gasteiger charge is -2.29. The Kier molecular flexibility index (Phi) is 6.56. The lowest BCUT2D eigenvalue weighted by Crippen LogP contribution is -2.42. The van der Waals surface area contributed by atoms with Crippen molar-refractivity contribution in [1.29, 1.82) is 0 Å². The number of nitrogens with zero attached hydrogens (tertiary/aromatic N) is 4. The Morgan fingerprint density at radius 1 is 1.23 bits per heavy atom. The number of ether oxygens (including phenoxy) is 1. The predicted molar refractivity (Wildman–Crippen MR) is 125 cm³/mol. The third kappa shape index (κ3) is 5.34. The maximum Gasteiger partial charge on any atom is 0.211 e. The van der Waals surface area contributed by atoms with Gasteiger partial charge in [-0.3, -0.25) is 0 Å². The second-order valence-corrected chi connectivity index (χ2v) is 8.08. The molecule has 0 bridgehead atoms. The number of aromatic nitrogens is 1. The van der Waals surface area contributed by atoms with E-state index in [0.717, 1.165) is 65.0 Å². The first-order valence-electron chi connectivity index (χ1n) is 10.0. The highest BCUT2D eigenvalue weighted by molar-refractivity contribution is 7.16. The molecule has 156 valence electrons. The van der Waals surface area contributed by atoms with E-state index >= 15 is 0 Å². The standard InChI is InChI=1S/C22H26N6OS/c1-16-25-20(8-9-21(26-16)28-12-10-23-11-13-28)27-22-24-15-19(30-22)7-6-17-4-3-5-18(14-17)29-2/h3-7,9,14-15,23H,8,10-13H2,1-2H3,(H,24,25,26,27)/b7-6+. The van der Waals surface area contributed by atoms with Crippen LogP contribution in [-0.4, -0.2) is 54.8 Å². The van der Waals surface area contributed by atoms with Crippen LogP contribution in [0.4, 0.5) is 5.13 Å². The second-order valence-electron chi connectivity index (χ2n) is 7.04. The van der Waals surface area contributed by atoms with Crippen molar-refractivity contribution in [3.05, 3.63) is 52.8 Å². The van der Waals surface area contributed by atoms with Crippen molar-refractivity contribution < 1.29 is 4.74 Å². The highest BCUT2D eigenvalue weighted by Gasteiger charge is 2.15. The molecule has 1 saturated heterocycles. The summed E-state index contributed by atoms with van der Waals surface area (Å²) in [5.41, 5.74) is 1.08. The van der Waals surface area contributed by atoms with Crippen LogP contribution in [0.5, 0.6) is 5.75 Å². The molecule has 0 amide bonds. The Bertz CT molecular complexity index is 1000. The first-order valence-corrected chi connectivity index (χ1v) is 10.8. The number of methoxy groups -OCH3 is 1. The quantitative estimate of drug-likeness (QED) is 0.771. The summed E-state index contributed by atoms with van der Waals surface area (Å²) >= 11 is 1.56. The third-order valence-electron chi connectivity index (χ3n) is 4.80. The summed E-state index contributed by atoms with van der Waals surface area (Å²) in [4.78, 5) is 17.3. The largest absolute Gasteiger partial charge is 0.497 e. The fourth-order valence-corrected chi connectivity index (χ4v) is 4.02. The molecule has 30 heavy (non-hydrogen) atoms. The predicted octanol–water partition coefficient (Wildman–Crippen LogP) is 3.51. The van der Waals surface area contributed by atoms with E-state index in [-0.39, 0.29) is 0 Å². The molecule has 2 aromatic rings. The fraction of sp³-hybridized carbons (Fsp3) is 0.318. The van der Waals surface area contributed by atoms with E-state index in [0.29, 0.717) is 6.42 Å². The molecule has 2 N–H and O–H groups in total. The average Bonchev–Trinajstić information content (AvgIpc) is 3.14. The van der Waals surface area contributed by atoms with Gasteiger partial charge in [0.2, 0.25) is 5.13 Å². The van der Waals surface area contributed by atoms with E-state index in [1.54, 1.807) is 18.4 Å². The molecule has 8 heteroatoms. The number of hydrogen-bond donors (Lipinski definition) is 2. The Labute approximate surface area is 180 Å². The van der Waals surface area contributed by atoms with Crippen LogP contribution in [0, 0.1) is 0 Å². The zero-order valence-electron chi connectivity index (χ0n) is 17.3. The Morgan fingerprint density at radius 2 is 2.10 bits per heavy atom. The van der Waals surface area contributed by atoms with Gasteiger partial charge in [0.05, 0.1) is 7.11 Å². The Balaban J connectivity index is 1.45. The minimum Gasteiger partial charge on any atom is -0.497 e. The number of nitrogens with one attached hydrogen (secondary N) is 2. The summed E-state index contributed by atoms with van der Waals surface area (Å²) in [7, 11) is 1.67. The number of rotatable bonds is 5. The highest BCUT2D eigenvalue weighted by Crippen LogP contribution is 2.24. The second kappa shape index (κ2) is 9.69. The first-order chi connectivity index (χ1) is 14.7. The molecule has 7 nitrogen and oxygen atoms in total. The number of amidine groups is 2. The van der Waals surface area contributed by atoms with Crippen LogP contribution in [0.15, 0.2) is 52.3 Å². The van der Waals surface area contributed by atoms with Gasteiger partial charge in [-0.25, -0.2) is 15.0 Å². The fourth-order valence-electron chi connectivity index (χ4n) is 3.31. The molecule has 0 radical (unpaired) electrons. The van der Waals surface area contributed by atoms with Gasteiger partial charge in [-0.2, -0.15) is 0 Å². The normalized spacial score (nSPS) is 18.7. The topological polar surface area (TPSA) is 74.1 Å². The van der Waals surface area contributed by atoms with Gasteiger partial charge in [0.25, 0.3) is 0 Å². The maximum absolute atomic E-state index is 5.27. The van der Waals surface area contributed by atoms with Gasteiger partial charge >= 0.3 is 0 Å². The van der Waals surface area contributed by atoms with Crippen LogP contribution in [0.25, 0.3) is 12.2 Å². The lowest BCUT2D eigenvalue weighted by molar-refractivity contribution is 0.296. The van der Waals surface area contributed by atoms with Gasteiger partial charge in [0.1, 0.15) is 23.2 Å². The van der Waals surface area contributed by atoms with Crippen molar-refractivity contribution in [3.8, 4) is 5.75 Å². The molecular weight excluding hydrogens is 396 g/mol. The monoisotopic (exact) mass is 422 g/mol. The van der Waals surface area contributed by atoms with E-state index in [1.807, 2.05) is 43.5 Å². The molecule has 4 rings (SSSR count). The van der Waals surface area contributed by atoms with E-state index in [2.05, 4.69) is 32.7 Å². The van der Waals surface area contributed by atoms with Crippen molar-refractivity contribution in [2.45, 2.75) is 13.3 Å². The minimum atomic E-state index is 0.703. The number of piperazine rings is 1. The minimum absolute atomic E-state index is 0.703. The van der Waals surface area contributed by atoms with E-state index in [9.17, 15) is 0 Å². The molecule has 0 spiro atoms. The number of aliphatic imine (C=N–C) groups is 2. The van der Waals surface area contributed by atoms with Crippen LogP contribution >= 0.6 is 11.3 Å². The molecule has 0 unspecified atom stereocenters. The lowest BCUT2D eigenvalue weighted by atomic mass is 10.2. The van der Waals surface area contributed by atoms with Crippen LogP contribution in [0.1, 0.15) is 23.8 Å². The van der Waals surface area contributed by atoms with Crippen LogP contribution in [0.3, 0.4) is 0 Å². The molecule has 1 fully saturated rings. The van der Waals surface area contributed by atoms with E-state index < -0.39 is 0 Å². The molecule has 2 aliphatic heterocycles. The van der Waals surface area contributed by atoms with Gasteiger partial charge in [-0.05, 0) is 36.8 Å². The number of hydrogen-bond acceptors (Lipinski definition) is 7. The Hall–Kier alpha value is -2.97. The molecule has 2 aliphatic rings. The molecule has 0 saturated carbocycles. The van der Waals surface area contributed by atoms with E-state index in [4.69, 9.17) is 14.7 Å². The maximum atomic E-state index is 5.27. The number of thiazole rings is 1. The molecular formula is C22H26N6OS. The van der Waals surface area contributed by atoms with Crippen molar-refractivity contribution >= 4 is 40.3 Å². The van der Waals surface area contributed by atoms with Crippen molar-refractivity contribution in [2.75, 3.05) is 33.3 Å². The summed E-state index contributed by atoms with van der Waals surface area (Å²) in [5.74, 6) is 3.58. The molecule has 0 atom stereocenters. The van der Waals surface area contributed by atoms with Gasteiger partial charge in [-0.1, -0.05) is 29.5 Å². The Morgan fingerprint density at radius 3 is 2.93 bits per heavy atom. The smallest absolute Gasteiger partial charge is 0.211 e. The third-order valence-corrected chi connectivity index (χ3v) is 5.66. The van der Waals surface area contributed by atoms with Crippen molar-refractivity contribution in [2.24, 2.45) is 9.98 Å². The summed E-state index contributed by atoms with van der Waals surface area (Å²) in [6, 6.07) is 7.96. The van der Waals surface area contributed by atoms with Gasteiger partial charge in [0.15, 0.2) is 0 Å². The highest BCUT2D eigenvalue weighted by atomic mass is 32.1. The summed E-state index contributed by atoms with van der Waals surface area (Å²) in [6.07, 6.45) is 8.79. The van der Waals surface area contributed by atoms with Gasteiger partial charge < -0.3 is 20.3 Å². The van der Waals surface area contributed by atoms with Crippen LogP contribution < -0.4 is 15.4 Å². The van der Waals surface area contributed by atoms with Gasteiger partial charge in [0, 0.05) is 43.7 Å². The van der Waals surface area contributed by atoms with Crippen LogP contribution in [-0.2, 0) is 0 Å². The SMILES string of the molecule is COc1cccc(/C=C/c2cnc(/N=C3/CC=C(N4CCNCC4)N=C(C)N3)s2)c1. The van der Waals surface area contributed by atoms with Crippen LogP contribution in [0.2, 0.25) is 0 Å². The summed E-state index contributed by atoms with van der Waals surface area (Å²) in [5, 5.41) is 7.42. The molecule has 1 aromatic heterocycles. The van der Waals surface area contributed by atoms with Crippen molar-refractivity contribution in [3.63, 3.8) is 0 Å².